The first-order valence-corrected chi connectivity index (χ1v) is 6.81. The Morgan fingerprint density at radius 1 is 0.909 bits per heavy atom. The van der Waals surface area contributed by atoms with E-state index >= 15 is 0 Å². The molecule has 3 aromatic rings. The zero-order chi connectivity index (χ0) is 15.5. The lowest BCUT2D eigenvalue weighted by molar-refractivity contribution is 0.403. The molecule has 3 heteroatoms. The highest BCUT2D eigenvalue weighted by atomic mass is 16.3. The van der Waals surface area contributed by atoms with E-state index in [-0.39, 0.29) is 11.5 Å². The SMILES string of the molecule is N#C/C(=C/c1ccc(O)c(O)c1)c1cccc2ccccc12. The molecule has 0 saturated carbocycles. The van der Waals surface area contributed by atoms with Gasteiger partial charge in [-0.1, -0.05) is 48.5 Å². The zero-order valence-electron chi connectivity index (χ0n) is 11.7. The van der Waals surface area contributed by atoms with Crippen molar-refractivity contribution in [1.29, 1.82) is 5.26 Å². The molecule has 0 radical (unpaired) electrons. The molecule has 0 aliphatic rings. The van der Waals surface area contributed by atoms with Gasteiger partial charge in [0.1, 0.15) is 0 Å². The van der Waals surface area contributed by atoms with Gasteiger partial charge in [-0.15, -0.1) is 0 Å². The van der Waals surface area contributed by atoms with Gasteiger partial charge in [0.2, 0.25) is 0 Å². The van der Waals surface area contributed by atoms with Crippen LogP contribution in [0.4, 0.5) is 0 Å². The first-order chi connectivity index (χ1) is 10.7. The molecular formula is C19H13NO2. The zero-order valence-corrected chi connectivity index (χ0v) is 11.7. The summed E-state index contributed by atoms with van der Waals surface area (Å²) in [5, 5.41) is 30.5. The van der Waals surface area contributed by atoms with E-state index in [1.165, 1.54) is 12.1 Å². The molecule has 3 aromatic carbocycles. The van der Waals surface area contributed by atoms with Crippen molar-refractivity contribution < 1.29 is 10.2 Å². The van der Waals surface area contributed by atoms with E-state index in [1.54, 1.807) is 12.1 Å². The predicted octanol–water partition coefficient (Wildman–Crippen LogP) is 4.32. The monoisotopic (exact) mass is 287 g/mol. The van der Waals surface area contributed by atoms with Crippen molar-refractivity contribution in [3.05, 3.63) is 71.8 Å². The van der Waals surface area contributed by atoms with Gasteiger partial charge in [0, 0.05) is 5.56 Å². The molecule has 0 aliphatic heterocycles. The third-order valence-electron chi connectivity index (χ3n) is 3.51. The molecule has 3 nitrogen and oxygen atoms in total. The highest BCUT2D eigenvalue weighted by molar-refractivity contribution is 6.01. The molecule has 0 atom stereocenters. The minimum atomic E-state index is -0.205. The summed E-state index contributed by atoms with van der Waals surface area (Å²) in [4.78, 5) is 0. The van der Waals surface area contributed by atoms with Crippen LogP contribution in [0.25, 0.3) is 22.4 Å². The van der Waals surface area contributed by atoms with Crippen molar-refractivity contribution in [3.63, 3.8) is 0 Å². The molecule has 0 aliphatic carbocycles. The first kappa shape index (κ1) is 13.7. The number of phenols is 2. The average Bonchev–Trinajstić information content (AvgIpc) is 2.55. The predicted molar refractivity (Wildman–Crippen MR) is 87.2 cm³/mol. The summed E-state index contributed by atoms with van der Waals surface area (Å²) in [6, 6.07) is 20.4. The lowest BCUT2D eigenvalue weighted by Crippen LogP contribution is -1.85. The topological polar surface area (TPSA) is 64.2 Å². The molecular weight excluding hydrogens is 274 g/mol. The van der Waals surface area contributed by atoms with Gasteiger partial charge in [-0.25, -0.2) is 0 Å². The van der Waals surface area contributed by atoms with Gasteiger partial charge in [-0.3, -0.25) is 0 Å². The third kappa shape index (κ3) is 2.50. The minimum Gasteiger partial charge on any atom is -0.504 e. The number of nitrogens with zero attached hydrogens (tertiary/aromatic N) is 1. The van der Waals surface area contributed by atoms with E-state index in [9.17, 15) is 15.5 Å². The molecule has 0 amide bonds. The summed E-state index contributed by atoms with van der Waals surface area (Å²) >= 11 is 0. The summed E-state index contributed by atoms with van der Waals surface area (Å²) in [5.41, 5.74) is 2.00. The van der Waals surface area contributed by atoms with E-state index in [2.05, 4.69) is 6.07 Å². The maximum absolute atomic E-state index is 9.57. The lowest BCUT2D eigenvalue weighted by atomic mass is 9.97. The van der Waals surface area contributed by atoms with Gasteiger partial charge < -0.3 is 10.2 Å². The molecule has 0 bridgehead atoms. The van der Waals surface area contributed by atoms with Crippen molar-refractivity contribution in [3.8, 4) is 17.6 Å². The Hall–Kier alpha value is -3.25. The van der Waals surface area contributed by atoms with Crippen molar-refractivity contribution in [2.45, 2.75) is 0 Å². The van der Waals surface area contributed by atoms with Crippen LogP contribution >= 0.6 is 0 Å². The van der Waals surface area contributed by atoms with Gasteiger partial charge in [0.15, 0.2) is 11.5 Å². The fourth-order valence-electron chi connectivity index (χ4n) is 2.43. The van der Waals surface area contributed by atoms with Crippen molar-refractivity contribution in [1.82, 2.24) is 0 Å². The highest BCUT2D eigenvalue weighted by Gasteiger charge is 2.07. The Kier molecular flexibility index (Phi) is 3.51. The number of nitriles is 1. The second-order valence-corrected chi connectivity index (χ2v) is 4.94. The second-order valence-electron chi connectivity index (χ2n) is 4.94. The minimum absolute atomic E-state index is 0.180. The van der Waals surface area contributed by atoms with Crippen LogP contribution < -0.4 is 0 Å². The van der Waals surface area contributed by atoms with Crippen LogP contribution in [-0.2, 0) is 0 Å². The fraction of sp³-hybridized carbons (Fsp3) is 0. The smallest absolute Gasteiger partial charge is 0.157 e. The van der Waals surface area contributed by atoms with Crippen molar-refractivity contribution >= 4 is 22.4 Å². The van der Waals surface area contributed by atoms with Crippen molar-refractivity contribution in [2.75, 3.05) is 0 Å². The number of allylic oxidation sites excluding steroid dienone is 1. The number of fused-ring (bicyclic) bond motifs is 1. The van der Waals surface area contributed by atoms with Crippen LogP contribution in [0.1, 0.15) is 11.1 Å². The molecule has 3 rings (SSSR count). The molecule has 0 spiro atoms. The number of aromatic hydroxyl groups is 2. The average molecular weight is 287 g/mol. The summed E-state index contributed by atoms with van der Waals surface area (Å²) in [6.07, 6.45) is 1.70. The van der Waals surface area contributed by atoms with Gasteiger partial charge in [0.25, 0.3) is 0 Å². The van der Waals surface area contributed by atoms with Crippen LogP contribution in [0.3, 0.4) is 0 Å². The van der Waals surface area contributed by atoms with Gasteiger partial charge >= 0.3 is 0 Å². The molecule has 0 aromatic heterocycles. The standard InChI is InChI=1S/C19H13NO2/c20-12-15(10-13-8-9-18(21)19(22)11-13)17-7-3-5-14-4-1-2-6-16(14)17/h1-11,21-22H/b15-10-. The number of benzene rings is 3. The number of hydrogen-bond acceptors (Lipinski definition) is 3. The molecule has 0 unspecified atom stereocenters. The Morgan fingerprint density at radius 3 is 2.45 bits per heavy atom. The molecule has 0 heterocycles. The van der Waals surface area contributed by atoms with E-state index < -0.39 is 0 Å². The van der Waals surface area contributed by atoms with E-state index in [1.807, 2.05) is 42.5 Å². The lowest BCUT2D eigenvalue weighted by Gasteiger charge is -2.06. The third-order valence-corrected chi connectivity index (χ3v) is 3.51. The normalized spacial score (nSPS) is 11.3. The summed E-state index contributed by atoms with van der Waals surface area (Å²) in [7, 11) is 0. The summed E-state index contributed by atoms with van der Waals surface area (Å²) in [6.45, 7) is 0. The number of rotatable bonds is 2. The molecule has 0 saturated heterocycles. The maximum atomic E-state index is 9.57. The second kappa shape index (κ2) is 5.63. The fourth-order valence-corrected chi connectivity index (χ4v) is 2.43. The van der Waals surface area contributed by atoms with Crippen LogP contribution in [0, 0.1) is 11.3 Å². The quantitative estimate of drug-likeness (QED) is 0.419. The van der Waals surface area contributed by atoms with Gasteiger partial charge in [0.05, 0.1) is 11.6 Å². The van der Waals surface area contributed by atoms with Crippen molar-refractivity contribution in [2.24, 2.45) is 0 Å². The van der Waals surface area contributed by atoms with Crippen LogP contribution in [0.5, 0.6) is 11.5 Å². The van der Waals surface area contributed by atoms with Crippen LogP contribution in [0.2, 0.25) is 0 Å². The Bertz CT molecular complexity index is 915. The largest absolute Gasteiger partial charge is 0.504 e. The van der Waals surface area contributed by atoms with E-state index in [0.717, 1.165) is 16.3 Å². The van der Waals surface area contributed by atoms with Crippen LogP contribution in [-0.4, -0.2) is 10.2 Å². The highest BCUT2D eigenvalue weighted by Crippen LogP contribution is 2.29. The number of hydrogen-bond donors (Lipinski definition) is 2. The first-order valence-electron chi connectivity index (χ1n) is 6.81. The van der Waals surface area contributed by atoms with E-state index in [4.69, 9.17) is 0 Å². The summed E-state index contributed by atoms with van der Waals surface area (Å²) in [5.74, 6) is -0.384. The number of phenolic OH excluding ortho intramolecular Hbond substituents is 2. The molecule has 2 N–H and O–H groups in total. The molecule has 22 heavy (non-hydrogen) atoms. The Balaban J connectivity index is 2.16. The van der Waals surface area contributed by atoms with Gasteiger partial charge in [-0.2, -0.15) is 5.26 Å². The summed E-state index contributed by atoms with van der Waals surface area (Å²) < 4.78 is 0. The Labute approximate surface area is 128 Å². The molecule has 106 valence electrons. The van der Waals surface area contributed by atoms with Crippen LogP contribution in [0.15, 0.2) is 60.7 Å². The van der Waals surface area contributed by atoms with Gasteiger partial charge in [-0.05, 0) is 34.5 Å². The Morgan fingerprint density at radius 2 is 1.68 bits per heavy atom. The molecule has 0 fully saturated rings. The van der Waals surface area contributed by atoms with E-state index in [0.29, 0.717) is 11.1 Å². The maximum Gasteiger partial charge on any atom is 0.157 e.